The standard InChI is InChI=1S/C52H58ClN13O8.C2HF3O2/c1-32(2)46(63-43(67)15-5-4-6-25-65-44(68)22-23-45(65)69)50(71)60-40(14-9-24-55-51(54)72)49(70)59-38-19-16-34(17-20-38)30-74-52(73)64(27-35-11-8-12-37(53)26-35)29-41-61-47(36-18-21-42-56-31-57-66(42)28-36)48(62-41)39-13-7-10-33(3)58-39;3-2(4,5)1(6)7/h7-8,10-13,16-23,26,28,31-32,40,46H,4-6,9,14-15,24-25,27,29-30H2,1-3H3,(H,59,70)(H,60,71)(H,61,62)(H,63,67)(H3,54,55,72);(H,6,7)/t40-,46-;/m0./s1. The summed E-state index contributed by atoms with van der Waals surface area (Å²) in [7, 11) is 0. The quantitative estimate of drug-likeness (QED) is 0.0248. The van der Waals surface area contributed by atoms with Crippen LogP contribution in [0.1, 0.15) is 75.0 Å². The first kappa shape index (κ1) is 61.0. The number of carbonyl (C=O) groups is 8. The van der Waals surface area contributed by atoms with Crippen molar-refractivity contribution in [3.8, 4) is 22.6 Å². The Kier molecular flexibility index (Phi) is 21.6. The second-order valence-corrected chi connectivity index (χ2v) is 19.3. The number of carboxylic acids is 1. The molecule has 8 N–H and O–H groups in total. The number of pyridine rings is 2. The molecule has 0 fully saturated rings. The number of urea groups is 1. The average Bonchev–Trinajstić information content (AvgIpc) is 4.29. The third-order valence-electron chi connectivity index (χ3n) is 12.2. The van der Waals surface area contributed by atoms with E-state index in [-0.39, 0.29) is 75.7 Å². The average molecular weight is 1140 g/mol. The van der Waals surface area contributed by atoms with Crippen LogP contribution in [0.4, 0.5) is 28.4 Å². The number of alkyl halides is 3. The number of halogens is 4. The molecule has 0 radical (unpaired) electrons. The van der Waals surface area contributed by atoms with Crippen molar-refractivity contribution in [3.63, 3.8) is 0 Å². The van der Waals surface area contributed by atoms with Crippen LogP contribution in [-0.2, 0) is 53.2 Å². The molecule has 2 aromatic carbocycles. The maximum Gasteiger partial charge on any atom is 0.490 e. The maximum atomic E-state index is 14.0. The largest absolute Gasteiger partial charge is 0.490 e. The number of fused-ring (bicyclic) bond motifs is 1. The molecule has 2 atom stereocenters. The van der Waals surface area contributed by atoms with E-state index < -0.39 is 48.2 Å². The molecule has 81 heavy (non-hydrogen) atoms. The van der Waals surface area contributed by atoms with Gasteiger partial charge in [0, 0.05) is 66.4 Å². The lowest BCUT2D eigenvalue weighted by atomic mass is 10.0. The van der Waals surface area contributed by atoms with Gasteiger partial charge in [-0.05, 0) is 98.2 Å². The Morgan fingerprint density at radius 2 is 1.58 bits per heavy atom. The molecule has 23 nitrogen and oxygen atoms in total. The summed E-state index contributed by atoms with van der Waals surface area (Å²) < 4.78 is 39.3. The molecule has 4 aromatic heterocycles. The first-order valence-electron chi connectivity index (χ1n) is 25.4. The molecule has 0 unspecified atom stereocenters. The lowest BCUT2D eigenvalue weighted by molar-refractivity contribution is -0.192. The van der Waals surface area contributed by atoms with E-state index in [1.54, 1.807) is 60.8 Å². The number of aliphatic carboxylic acids is 1. The number of nitrogens with two attached hydrogens (primary N) is 1. The predicted octanol–water partition coefficient (Wildman–Crippen LogP) is 6.61. The molecule has 27 heteroatoms. The number of imidazole rings is 1. The normalized spacial score (nSPS) is 12.8. The third kappa shape index (κ3) is 18.4. The van der Waals surface area contributed by atoms with Crippen LogP contribution >= 0.6 is 11.6 Å². The number of hydrogen-bond donors (Lipinski definition) is 7. The van der Waals surface area contributed by atoms with Crippen LogP contribution in [0.25, 0.3) is 28.3 Å². The summed E-state index contributed by atoms with van der Waals surface area (Å²) in [6.45, 7) is 5.87. The number of primary amides is 1. The van der Waals surface area contributed by atoms with E-state index in [4.69, 9.17) is 41.9 Å². The molecular weight excluding hydrogens is 1080 g/mol. The Bertz CT molecular complexity index is 3240. The molecule has 7 rings (SSSR count). The molecule has 0 saturated carbocycles. The molecule has 6 aromatic rings. The molecule has 0 bridgehead atoms. The van der Waals surface area contributed by atoms with Crippen molar-refractivity contribution in [1.82, 2.24) is 55.3 Å². The van der Waals surface area contributed by atoms with Gasteiger partial charge >= 0.3 is 24.3 Å². The number of aromatic nitrogens is 6. The van der Waals surface area contributed by atoms with Gasteiger partial charge in [0.15, 0.2) is 5.65 Å². The number of carbonyl (C=O) groups excluding carboxylic acids is 7. The van der Waals surface area contributed by atoms with E-state index >= 15 is 0 Å². The van der Waals surface area contributed by atoms with E-state index in [1.807, 2.05) is 49.5 Å². The van der Waals surface area contributed by atoms with Crippen LogP contribution in [0.3, 0.4) is 0 Å². The summed E-state index contributed by atoms with van der Waals surface area (Å²) in [5.74, 6) is -4.84. The number of benzene rings is 2. The number of H-pyrrole nitrogens is 1. The van der Waals surface area contributed by atoms with Gasteiger partial charge in [-0.3, -0.25) is 38.8 Å². The van der Waals surface area contributed by atoms with Crippen LogP contribution in [0.2, 0.25) is 5.02 Å². The zero-order chi connectivity index (χ0) is 58.8. The number of hydrogen-bond acceptors (Lipinski definition) is 13. The molecule has 428 valence electrons. The van der Waals surface area contributed by atoms with Gasteiger partial charge in [0.2, 0.25) is 17.7 Å². The summed E-state index contributed by atoms with van der Waals surface area (Å²) in [6.07, 6.45) is 2.13. The van der Waals surface area contributed by atoms with Gasteiger partial charge in [-0.15, -0.1) is 0 Å². The van der Waals surface area contributed by atoms with Crippen molar-refractivity contribution in [1.29, 1.82) is 0 Å². The Balaban J connectivity index is 0.00000141. The molecule has 1 aliphatic rings. The van der Waals surface area contributed by atoms with Crippen molar-refractivity contribution in [3.05, 3.63) is 131 Å². The van der Waals surface area contributed by atoms with Crippen LogP contribution < -0.4 is 27.0 Å². The van der Waals surface area contributed by atoms with Crippen LogP contribution in [0.15, 0.2) is 104 Å². The number of aryl methyl sites for hydroxylation is 1. The highest BCUT2D eigenvalue weighted by Crippen LogP contribution is 2.30. The van der Waals surface area contributed by atoms with Crippen molar-refractivity contribution >= 4 is 70.6 Å². The minimum atomic E-state index is -5.08. The lowest BCUT2D eigenvalue weighted by Crippen LogP contribution is -2.54. The number of carboxylic acid groups (broad SMARTS) is 1. The fourth-order valence-electron chi connectivity index (χ4n) is 8.12. The smallest absolute Gasteiger partial charge is 0.475 e. The molecule has 0 aliphatic carbocycles. The number of ether oxygens (including phenoxy) is 1. The number of amides is 8. The van der Waals surface area contributed by atoms with E-state index in [1.165, 1.54) is 23.4 Å². The number of anilines is 1. The zero-order valence-corrected chi connectivity index (χ0v) is 44.9. The zero-order valence-electron chi connectivity index (χ0n) is 44.2. The van der Waals surface area contributed by atoms with Gasteiger partial charge in [-0.2, -0.15) is 18.3 Å². The van der Waals surface area contributed by atoms with Gasteiger partial charge in [0.25, 0.3) is 11.8 Å². The monoisotopic (exact) mass is 1140 g/mol. The lowest BCUT2D eigenvalue weighted by Gasteiger charge is -2.25. The predicted molar refractivity (Wildman–Crippen MR) is 288 cm³/mol. The summed E-state index contributed by atoms with van der Waals surface area (Å²) in [6, 6.07) is 20.5. The molecule has 0 spiro atoms. The van der Waals surface area contributed by atoms with Crippen LogP contribution in [-0.4, -0.2) is 123 Å². The minimum Gasteiger partial charge on any atom is -0.475 e. The summed E-state index contributed by atoms with van der Waals surface area (Å²) in [5.41, 5.74) is 11.1. The van der Waals surface area contributed by atoms with E-state index in [0.29, 0.717) is 64.1 Å². The van der Waals surface area contributed by atoms with Gasteiger partial charge in [-0.25, -0.2) is 28.9 Å². The number of imide groups is 1. The summed E-state index contributed by atoms with van der Waals surface area (Å²) >= 11 is 6.36. The molecule has 8 amide bonds. The van der Waals surface area contributed by atoms with Crippen molar-refractivity contribution in [2.45, 2.75) is 97.3 Å². The fraction of sp³-hybridized carbons (Fsp3) is 0.333. The van der Waals surface area contributed by atoms with Crippen LogP contribution in [0.5, 0.6) is 0 Å². The Labute approximate surface area is 466 Å². The number of rotatable bonds is 24. The van der Waals surface area contributed by atoms with Crippen molar-refractivity contribution < 1.29 is 61.4 Å². The Hall–Kier alpha value is -9.20. The van der Waals surface area contributed by atoms with E-state index in [0.717, 1.165) is 21.7 Å². The highest BCUT2D eigenvalue weighted by molar-refractivity contribution is 6.30. The molecule has 5 heterocycles. The number of aromatic amines is 1. The summed E-state index contributed by atoms with van der Waals surface area (Å²) in [4.78, 5) is 118. The SMILES string of the molecule is Cc1cccc(-c2nc(CN(Cc3cccc(Cl)c3)C(=O)OCc3ccc(NC(=O)[C@H](CCCNC(N)=O)NC(=O)[C@@H](NC(=O)CCCCCN4C(=O)C=CC4=O)C(C)C)cc3)[nH]c2-c2ccc3ncnn3c2)n1.O=C(O)C(F)(F)F. The minimum absolute atomic E-state index is 0.0222. The van der Waals surface area contributed by atoms with Crippen LogP contribution in [0, 0.1) is 12.8 Å². The highest BCUT2D eigenvalue weighted by atomic mass is 35.5. The first-order valence-corrected chi connectivity index (χ1v) is 25.8. The number of nitrogens with one attached hydrogen (secondary N) is 5. The van der Waals surface area contributed by atoms with Crippen molar-refractivity contribution in [2.24, 2.45) is 11.7 Å². The van der Waals surface area contributed by atoms with Gasteiger partial charge in [0.1, 0.15) is 36.5 Å². The fourth-order valence-corrected chi connectivity index (χ4v) is 8.33. The maximum absolute atomic E-state index is 14.0. The summed E-state index contributed by atoms with van der Waals surface area (Å²) in [5, 5.41) is 22.8. The Morgan fingerprint density at radius 3 is 2.25 bits per heavy atom. The van der Waals surface area contributed by atoms with E-state index in [2.05, 4.69) is 36.3 Å². The molecular formula is C54H59ClF3N13O10. The highest BCUT2D eigenvalue weighted by Gasteiger charge is 2.38. The van der Waals surface area contributed by atoms with Gasteiger partial charge in [-0.1, -0.05) is 62.2 Å². The molecule has 1 aliphatic heterocycles. The van der Waals surface area contributed by atoms with E-state index in [9.17, 15) is 46.7 Å². The second kappa shape index (κ2) is 28.6. The number of nitrogens with zero attached hydrogens (tertiary/aromatic N) is 7. The Morgan fingerprint density at radius 1 is 0.864 bits per heavy atom. The topological polar surface area (TPSA) is 318 Å². The first-order chi connectivity index (χ1) is 38.5. The van der Waals surface area contributed by atoms with Crippen molar-refractivity contribution in [2.75, 3.05) is 18.4 Å². The van der Waals surface area contributed by atoms with Gasteiger partial charge < -0.3 is 41.8 Å². The van der Waals surface area contributed by atoms with Gasteiger partial charge in [0.05, 0.1) is 17.9 Å². The second-order valence-electron chi connectivity index (χ2n) is 18.8. The number of unbranched alkanes of at least 4 members (excludes halogenated alkanes) is 2. The molecule has 0 saturated heterocycles. The third-order valence-corrected chi connectivity index (χ3v) is 12.4.